The summed E-state index contributed by atoms with van der Waals surface area (Å²) >= 11 is 0. The lowest BCUT2D eigenvalue weighted by Crippen LogP contribution is -2.32. The zero-order valence-electron chi connectivity index (χ0n) is 16.4. The summed E-state index contributed by atoms with van der Waals surface area (Å²) in [5.74, 6) is -1.55. The number of esters is 2. The molecule has 0 amide bonds. The molecule has 2 aromatic rings. The van der Waals surface area contributed by atoms with Gasteiger partial charge in [0.1, 0.15) is 0 Å². The van der Waals surface area contributed by atoms with E-state index in [1.54, 1.807) is 33.3 Å². The molecule has 0 saturated heterocycles. The first-order valence-corrected chi connectivity index (χ1v) is 9.00. The lowest BCUT2D eigenvalue weighted by Gasteiger charge is -2.30. The predicted molar refractivity (Wildman–Crippen MR) is 103 cm³/mol. The number of ether oxygens (including phenoxy) is 2. The first kappa shape index (κ1) is 19.4. The van der Waals surface area contributed by atoms with Crippen LogP contribution in [0.4, 0.5) is 0 Å². The van der Waals surface area contributed by atoms with E-state index in [0.29, 0.717) is 22.5 Å². The Kier molecular flexibility index (Phi) is 5.63. The third kappa shape index (κ3) is 3.55. The van der Waals surface area contributed by atoms with Crippen molar-refractivity contribution in [2.24, 2.45) is 0 Å². The van der Waals surface area contributed by atoms with E-state index in [-0.39, 0.29) is 6.61 Å². The maximum absolute atomic E-state index is 12.8. The van der Waals surface area contributed by atoms with Gasteiger partial charge in [-0.25, -0.2) is 14.6 Å². The second kappa shape index (κ2) is 8.12. The van der Waals surface area contributed by atoms with E-state index < -0.39 is 17.9 Å². The smallest absolute Gasteiger partial charge is 0.336 e. The highest BCUT2D eigenvalue weighted by molar-refractivity contribution is 5.99. The van der Waals surface area contributed by atoms with Crippen LogP contribution in [0, 0.1) is 0 Å². The number of aromatic nitrogens is 2. The van der Waals surface area contributed by atoms with Gasteiger partial charge in [0.2, 0.25) is 0 Å². The zero-order valence-corrected chi connectivity index (χ0v) is 16.4. The van der Waals surface area contributed by atoms with Crippen LogP contribution in [0.15, 0.2) is 65.5 Å². The molecule has 0 saturated carbocycles. The van der Waals surface area contributed by atoms with Crippen molar-refractivity contribution in [3.05, 3.63) is 71.1 Å². The van der Waals surface area contributed by atoms with E-state index in [1.165, 1.54) is 7.11 Å². The Balaban J connectivity index is 2.18. The molecule has 0 spiro atoms. The Labute approximate surface area is 163 Å². The summed E-state index contributed by atoms with van der Waals surface area (Å²) < 4.78 is 12.1. The van der Waals surface area contributed by atoms with Gasteiger partial charge in [0, 0.05) is 29.5 Å². The van der Waals surface area contributed by atoms with Gasteiger partial charge in [-0.15, -0.1) is 0 Å². The Morgan fingerprint density at radius 1 is 1.18 bits per heavy atom. The molecule has 0 fully saturated rings. The standard InChI is InChI=1S/C21H23N3O4/c1-5-28-21(26)18-14(3)23-13(2)17(20(25)27-4)19(18)15-7-6-8-16(11-15)24-10-9-22-12-24/h6-12,19,23H,5H2,1-4H3. The molecule has 2 heterocycles. The number of rotatable bonds is 5. The van der Waals surface area contributed by atoms with Gasteiger partial charge in [-0.2, -0.15) is 0 Å². The fraction of sp³-hybridized carbons (Fsp3) is 0.286. The van der Waals surface area contributed by atoms with Gasteiger partial charge in [0.15, 0.2) is 0 Å². The van der Waals surface area contributed by atoms with Crippen molar-refractivity contribution < 1.29 is 19.1 Å². The molecule has 146 valence electrons. The number of allylic oxidation sites excluding steroid dienone is 2. The van der Waals surface area contributed by atoms with Crippen molar-refractivity contribution in [1.82, 2.24) is 14.9 Å². The number of carbonyl (C=O) groups excluding carboxylic acids is 2. The highest BCUT2D eigenvalue weighted by Crippen LogP contribution is 2.39. The van der Waals surface area contributed by atoms with Crippen LogP contribution in [-0.2, 0) is 19.1 Å². The van der Waals surface area contributed by atoms with Gasteiger partial charge in [-0.05, 0) is 38.5 Å². The van der Waals surface area contributed by atoms with Gasteiger partial charge >= 0.3 is 11.9 Å². The maximum atomic E-state index is 12.8. The number of hydrogen-bond acceptors (Lipinski definition) is 6. The minimum atomic E-state index is -0.601. The third-order valence-corrected chi connectivity index (χ3v) is 4.67. The second-order valence-corrected chi connectivity index (χ2v) is 6.41. The summed E-state index contributed by atoms with van der Waals surface area (Å²) in [6.45, 7) is 5.59. The fourth-order valence-corrected chi connectivity index (χ4v) is 3.46. The average Bonchev–Trinajstić information content (AvgIpc) is 3.22. The van der Waals surface area contributed by atoms with Crippen LogP contribution in [0.5, 0.6) is 0 Å². The van der Waals surface area contributed by atoms with Crippen molar-refractivity contribution in [3.63, 3.8) is 0 Å². The SMILES string of the molecule is CCOC(=O)C1=C(C)NC(C)=C(C(=O)OC)C1c1cccc(-n2ccnc2)c1. The molecule has 1 atom stereocenters. The Morgan fingerprint density at radius 2 is 1.89 bits per heavy atom. The highest BCUT2D eigenvalue weighted by atomic mass is 16.5. The predicted octanol–water partition coefficient (Wildman–Crippen LogP) is 2.84. The van der Waals surface area contributed by atoms with E-state index in [2.05, 4.69) is 10.3 Å². The molecular weight excluding hydrogens is 358 g/mol. The minimum Gasteiger partial charge on any atom is -0.466 e. The molecule has 3 rings (SSSR count). The van der Waals surface area contributed by atoms with Crippen LogP contribution in [-0.4, -0.2) is 35.2 Å². The zero-order chi connectivity index (χ0) is 20.3. The number of methoxy groups -OCH3 is 1. The topological polar surface area (TPSA) is 82.5 Å². The quantitative estimate of drug-likeness (QED) is 0.802. The molecule has 0 bridgehead atoms. The summed E-state index contributed by atoms with van der Waals surface area (Å²) in [7, 11) is 1.33. The number of carbonyl (C=O) groups is 2. The van der Waals surface area contributed by atoms with Crippen molar-refractivity contribution in [3.8, 4) is 5.69 Å². The number of benzene rings is 1. The molecular formula is C21H23N3O4. The van der Waals surface area contributed by atoms with E-state index in [9.17, 15) is 9.59 Å². The lowest BCUT2D eigenvalue weighted by atomic mass is 9.80. The van der Waals surface area contributed by atoms with E-state index in [1.807, 2.05) is 35.0 Å². The molecule has 1 N–H and O–H groups in total. The number of nitrogens with zero attached hydrogens (tertiary/aromatic N) is 2. The van der Waals surface area contributed by atoms with Gasteiger partial charge in [0.05, 0.1) is 37.1 Å². The summed E-state index contributed by atoms with van der Waals surface area (Å²) in [5.41, 5.74) is 3.75. The summed E-state index contributed by atoms with van der Waals surface area (Å²) in [6.07, 6.45) is 5.21. The monoisotopic (exact) mass is 381 g/mol. The number of nitrogens with one attached hydrogen (secondary N) is 1. The van der Waals surface area contributed by atoms with E-state index >= 15 is 0 Å². The van der Waals surface area contributed by atoms with Crippen LogP contribution in [0.1, 0.15) is 32.3 Å². The fourth-order valence-electron chi connectivity index (χ4n) is 3.46. The normalized spacial score (nSPS) is 16.6. The minimum absolute atomic E-state index is 0.244. The van der Waals surface area contributed by atoms with E-state index in [0.717, 1.165) is 11.3 Å². The van der Waals surface area contributed by atoms with Crippen molar-refractivity contribution in [2.45, 2.75) is 26.7 Å². The van der Waals surface area contributed by atoms with Gasteiger partial charge in [-0.3, -0.25) is 0 Å². The van der Waals surface area contributed by atoms with Crippen LogP contribution >= 0.6 is 0 Å². The summed E-state index contributed by atoms with van der Waals surface area (Å²) in [6, 6.07) is 7.63. The number of imidazole rings is 1. The largest absolute Gasteiger partial charge is 0.466 e. The first-order chi connectivity index (χ1) is 13.5. The van der Waals surface area contributed by atoms with Crippen LogP contribution in [0.25, 0.3) is 5.69 Å². The highest BCUT2D eigenvalue weighted by Gasteiger charge is 2.37. The molecule has 7 heteroatoms. The van der Waals surface area contributed by atoms with Gasteiger partial charge in [0.25, 0.3) is 0 Å². The van der Waals surface area contributed by atoms with Gasteiger partial charge < -0.3 is 19.4 Å². The Bertz CT molecular complexity index is 958. The van der Waals surface area contributed by atoms with Gasteiger partial charge in [-0.1, -0.05) is 12.1 Å². The Hall–Kier alpha value is -3.35. The third-order valence-electron chi connectivity index (χ3n) is 4.67. The summed E-state index contributed by atoms with van der Waals surface area (Å²) in [5, 5.41) is 3.12. The molecule has 1 aliphatic rings. The molecule has 1 aliphatic heterocycles. The lowest BCUT2D eigenvalue weighted by molar-refractivity contribution is -0.139. The van der Waals surface area contributed by atoms with Crippen LogP contribution < -0.4 is 5.32 Å². The molecule has 0 radical (unpaired) electrons. The average molecular weight is 381 g/mol. The maximum Gasteiger partial charge on any atom is 0.336 e. The summed E-state index contributed by atoms with van der Waals surface area (Å²) in [4.78, 5) is 29.4. The van der Waals surface area contributed by atoms with Crippen LogP contribution in [0.3, 0.4) is 0 Å². The number of hydrogen-bond donors (Lipinski definition) is 1. The van der Waals surface area contributed by atoms with Crippen molar-refractivity contribution in [2.75, 3.05) is 13.7 Å². The van der Waals surface area contributed by atoms with Crippen molar-refractivity contribution >= 4 is 11.9 Å². The van der Waals surface area contributed by atoms with Crippen LogP contribution in [0.2, 0.25) is 0 Å². The Morgan fingerprint density at radius 3 is 2.50 bits per heavy atom. The molecule has 0 aliphatic carbocycles. The molecule has 7 nitrogen and oxygen atoms in total. The van der Waals surface area contributed by atoms with Crippen molar-refractivity contribution in [1.29, 1.82) is 0 Å². The first-order valence-electron chi connectivity index (χ1n) is 9.00. The van der Waals surface area contributed by atoms with E-state index in [4.69, 9.17) is 9.47 Å². The molecule has 1 unspecified atom stereocenters. The molecule has 1 aromatic heterocycles. The molecule has 28 heavy (non-hydrogen) atoms. The molecule has 1 aromatic carbocycles. The number of dihydropyridines is 1. The second-order valence-electron chi connectivity index (χ2n) is 6.41.